The molecule has 1 saturated heterocycles. The minimum absolute atomic E-state index is 0.0647. The lowest BCUT2D eigenvalue weighted by molar-refractivity contribution is -0.255. The van der Waals surface area contributed by atoms with Gasteiger partial charge in [-0.1, -0.05) is 77.9 Å². The molecule has 0 aromatic heterocycles. The summed E-state index contributed by atoms with van der Waals surface area (Å²) in [5.74, 6) is -3.52. The van der Waals surface area contributed by atoms with Crippen molar-refractivity contribution in [3.05, 3.63) is 88.5 Å². The van der Waals surface area contributed by atoms with E-state index in [0.29, 0.717) is 27.8 Å². The molecular weight excluding hydrogens is 558 g/mol. The largest absolute Gasteiger partial charge is 0.507 e. The second kappa shape index (κ2) is 11.8. The van der Waals surface area contributed by atoms with Gasteiger partial charge in [-0.25, -0.2) is 4.79 Å². The molecule has 1 fully saturated rings. The molecule has 0 atom stereocenters. The van der Waals surface area contributed by atoms with E-state index in [1.54, 1.807) is 67.3 Å². The summed E-state index contributed by atoms with van der Waals surface area (Å²) in [6.07, 6.45) is -0.224. The van der Waals surface area contributed by atoms with Gasteiger partial charge in [-0.2, -0.15) is 0 Å². The molecule has 1 aliphatic heterocycles. The summed E-state index contributed by atoms with van der Waals surface area (Å²) in [6.45, 7) is 15.6. The van der Waals surface area contributed by atoms with Gasteiger partial charge >= 0.3 is 11.8 Å². The number of phenols is 1. The number of phenolic OH excluding ortho intramolecular Hbond substituents is 1. The number of carboxylic acid groups (broad SMARTS) is 1. The Hall–Kier alpha value is -4.04. The first kappa shape index (κ1) is 32.9. The zero-order valence-electron chi connectivity index (χ0n) is 27.0. The summed E-state index contributed by atoms with van der Waals surface area (Å²) in [7, 11) is 0. The van der Waals surface area contributed by atoms with Crippen LogP contribution in [-0.2, 0) is 15.6 Å². The number of benzene rings is 3. The summed E-state index contributed by atoms with van der Waals surface area (Å²) in [5, 5.41) is 34.0. The molecular formula is C36H45NO7. The van der Waals surface area contributed by atoms with Crippen molar-refractivity contribution in [2.75, 3.05) is 13.1 Å². The van der Waals surface area contributed by atoms with Crippen LogP contribution in [0.15, 0.2) is 60.7 Å². The van der Waals surface area contributed by atoms with Crippen molar-refractivity contribution in [3.63, 3.8) is 0 Å². The number of aromatic hydroxyl groups is 1. The zero-order chi connectivity index (χ0) is 32.7. The Morgan fingerprint density at radius 1 is 0.773 bits per heavy atom. The van der Waals surface area contributed by atoms with Gasteiger partial charge < -0.3 is 29.7 Å². The van der Waals surface area contributed by atoms with Crippen LogP contribution in [0.3, 0.4) is 0 Å². The number of carbonyl (C=O) groups is 2. The van der Waals surface area contributed by atoms with Gasteiger partial charge in [0.2, 0.25) is 0 Å². The van der Waals surface area contributed by atoms with Crippen LogP contribution in [0.1, 0.15) is 87.0 Å². The van der Waals surface area contributed by atoms with Crippen molar-refractivity contribution in [3.8, 4) is 17.2 Å². The van der Waals surface area contributed by atoms with Gasteiger partial charge in [0.05, 0.1) is 0 Å². The highest BCUT2D eigenvalue weighted by molar-refractivity contribution is 5.95. The smallest absolute Gasteiger partial charge is 0.393 e. The Morgan fingerprint density at radius 3 is 1.55 bits per heavy atom. The summed E-state index contributed by atoms with van der Waals surface area (Å²) in [6, 6.07) is 17.4. The molecule has 3 N–H and O–H groups in total. The van der Waals surface area contributed by atoms with E-state index in [4.69, 9.17) is 9.47 Å². The van der Waals surface area contributed by atoms with Crippen molar-refractivity contribution in [2.45, 2.75) is 90.4 Å². The van der Waals surface area contributed by atoms with Crippen molar-refractivity contribution < 1.29 is 34.4 Å². The third-order valence-corrected chi connectivity index (χ3v) is 8.44. The van der Waals surface area contributed by atoms with Gasteiger partial charge in [0, 0.05) is 42.6 Å². The second-order valence-corrected chi connectivity index (χ2v) is 13.9. The number of likely N-dealkylation sites (tertiary alicyclic amines) is 1. The third-order valence-electron chi connectivity index (χ3n) is 8.44. The molecule has 236 valence electrons. The quantitative estimate of drug-likeness (QED) is 0.264. The standard InChI is InChI=1S/C36H45NO7/c1-23-13-9-11-15-28(23)43-36(32(40)41,44-29-16-12-10-14-24(29)2)35(42)17-19-37(20-18-35)31(39)25-21-26(33(3,4)5)30(38)27(22-25)34(6,7)8/h9-16,21-22,38,42H,17-20H2,1-8H3,(H,40,41). The lowest BCUT2D eigenvalue weighted by Gasteiger charge is -2.47. The van der Waals surface area contributed by atoms with Gasteiger partial charge in [0.15, 0.2) is 5.60 Å². The lowest BCUT2D eigenvalue weighted by Crippen LogP contribution is -2.69. The number of aliphatic carboxylic acids is 1. The maximum absolute atomic E-state index is 13.9. The number of aryl methyl sites for hydroxylation is 2. The minimum Gasteiger partial charge on any atom is -0.507 e. The SMILES string of the molecule is Cc1ccccc1OC(Oc1ccccc1C)(C(=O)O)C1(O)CCN(C(=O)c2cc(C(C)(C)C)c(O)c(C(C)(C)C)c2)CC1. The van der Waals surface area contributed by atoms with Crippen LogP contribution < -0.4 is 9.47 Å². The number of ether oxygens (including phenoxy) is 2. The molecule has 44 heavy (non-hydrogen) atoms. The second-order valence-electron chi connectivity index (χ2n) is 13.9. The van der Waals surface area contributed by atoms with E-state index in [1.165, 1.54) is 0 Å². The van der Waals surface area contributed by atoms with Crippen LogP contribution in [0.5, 0.6) is 17.2 Å². The van der Waals surface area contributed by atoms with Crippen LogP contribution in [0, 0.1) is 13.8 Å². The van der Waals surface area contributed by atoms with Crippen LogP contribution in [0.25, 0.3) is 0 Å². The van der Waals surface area contributed by atoms with E-state index in [-0.39, 0.29) is 49.1 Å². The van der Waals surface area contributed by atoms with Gasteiger partial charge in [-0.15, -0.1) is 0 Å². The molecule has 0 unspecified atom stereocenters. The molecule has 0 radical (unpaired) electrons. The van der Waals surface area contributed by atoms with Crippen molar-refractivity contribution in [2.24, 2.45) is 0 Å². The highest BCUT2D eigenvalue weighted by Gasteiger charge is 2.63. The van der Waals surface area contributed by atoms with E-state index < -0.39 is 28.2 Å². The van der Waals surface area contributed by atoms with Gasteiger partial charge in [0.25, 0.3) is 5.91 Å². The van der Waals surface area contributed by atoms with E-state index >= 15 is 0 Å². The van der Waals surface area contributed by atoms with Crippen LogP contribution in [-0.4, -0.2) is 56.6 Å². The number of nitrogens with zero attached hydrogens (tertiary/aromatic N) is 1. The molecule has 8 nitrogen and oxygen atoms in total. The normalized spacial score (nSPS) is 15.5. The molecule has 0 spiro atoms. The summed E-state index contributed by atoms with van der Waals surface area (Å²) < 4.78 is 12.4. The first-order chi connectivity index (χ1) is 20.4. The number of aliphatic hydroxyl groups is 1. The van der Waals surface area contributed by atoms with E-state index in [1.807, 2.05) is 53.7 Å². The minimum atomic E-state index is -2.50. The monoisotopic (exact) mass is 603 g/mol. The predicted molar refractivity (Wildman–Crippen MR) is 170 cm³/mol. The molecule has 0 bridgehead atoms. The molecule has 1 aliphatic rings. The number of piperidine rings is 1. The summed E-state index contributed by atoms with van der Waals surface area (Å²) >= 11 is 0. The van der Waals surface area contributed by atoms with E-state index in [9.17, 15) is 24.9 Å². The third kappa shape index (κ3) is 6.27. The Morgan fingerprint density at radius 2 is 1.18 bits per heavy atom. The maximum Gasteiger partial charge on any atom is 0.393 e. The number of amides is 1. The zero-order valence-corrected chi connectivity index (χ0v) is 27.0. The summed E-state index contributed by atoms with van der Waals surface area (Å²) in [4.78, 5) is 28.7. The highest BCUT2D eigenvalue weighted by atomic mass is 16.7. The summed E-state index contributed by atoms with van der Waals surface area (Å²) in [5.41, 5.74) is 0.309. The number of carbonyl (C=O) groups excluding carboxylic acids is 1. The Kier molecular flexibility index (Phi) is 8.82. The van der Waals surface area contributed by atoms with Gasteiger partial charge in [-0.05, 0) is 60.1 Å². The van der Waals surface area contributed by atoms with Gasteiger partial charge in [-0.3, -0.25) is 4.79 Å². The number of para-hydroxylation sites is 2. The average molecular weight is 604 g/mol. The number of hydrogen-bond acceptors (Lipinski definition) is 6. The van der Waals surface area contributed by atoms with E-state index in [0.717, 1.165) is 0 Å². The van der Waals surface area contributed by atoms with Crippen molar-refractivity contribution in [1.82, 2.24) is 4.90 Å². The number of hydrogen-bond donors (Lipinski definition) is 3. The number of carboxylic acids is 1. The van der Waals surface area contributed by atoms with Crippen LogP contribution in [0.2, 0.25) is 0 Å². The molecule has 3 aromatic rings. The first-order valence-electron chi connectivity index (χ1n) is 15.0. The highest BCUT2D eigenvalue weighted by Crippen LogP contribution is 2.42. The van der Waals surface area contributed by atoms with E-state index in [2.05, 4.69) is 0 Å². The lowest BCUT2D eigenvalue weighted by atomic mass is 9.78. The maximum atomic E-state index is 13.9. The molecule has 1 heterocycles. The Bertz CT molecular complexity index is 1460. The molecule has 1 amide bonds. The molecule has 8 heteroatoms. The Balaban J connectivity index is 1.71. The molecule has 0 aliphatic carbocycles. The fraction of sp³-hybridized carbons (Fsp3) is 0.444. The average Bonchev–Trinajstić information content (AvgIpc) is 2.93. The Labute approximate surface area is 260 Å². The fourth-order valence-electron chi connectivity index (χ4n) is 5.64. The topological polar surface area (TPSA) is 117 Å². The fourth-order valence-corrected chi connectivity index (χ4v) is 5.64. The van der Waals surface area contributed by atoms with Gasteiger partial charge in [0.1, 0.15) is 17.2 Å². The number of rotatable bonds is 7. The molecule has 0 saturated carbocycles. The first-order valence-corrected chi connectivity index (χ1v) is 15.0. The van der Waals surface area contributed by atoms with Crippen molar-refractivity contribution >= 4 is 11.9 Å². The van der Waals surface area contributed by atoms with Crippen LogP contribution >= 0.6 is 0 Å². The van der Waals surface area contributed by atoms with Crippen LogP contribution in [0.4, 0.5) is 0 Å². The molecule has 3 aromatic carbocycles. The predicted octanol–water partition coefficient (Wildman–Crippen LogP) is 6.51. The van der Waals surface area contributed by atoms with Crippen molar-refractivity contribution in [1.29, 1.82) is 0 Å². The molecule has 4 rings (SSSR count).